The molecule has 0 heterocycles. The van der Waals surface area contributed by atoms with E-state index in [0.29, 0.717) is 17.0 Å². The van der Waals surface area contributed by atoms with Crippen LogP contribution >= 0.6 is 0 Å². The third-order valence-electron chi connectivity index (χ3n) is 5.46. The topological polar surface area (TPSA) is 0 Å². The number of aryl methyl sites for hydroxylation is 1. The fraction of sp³-hybridized carbons (Fsp3) is 0.391. The Labute approximate surface area is 149 Å². The Morgan fingerprint density at radius 2 is 1.28 bits per heavy atom. The molecule has 25 heavy (non-hydrogen) atoms. The van der Waals surface area contributed by atoms with Gasteiger partial charge in [-0.05, 0) is 42.2 Å². The smallest absolute Gasteiger partial charge is 0.166 e. The lowest BCUT2D eigenvalue weighted by molar-refractivity contribution is 0.348. The minimum atomic E-state index is -0.790. The van der Waals surface area contributed by atoms with Crippen molar-refractivity contribution in [2.75, 3.05) is 0 Å². The zero-order valence-corrected chi connectivity index (χ0v) is 15.1. The zero-order valence-electron chi connectivity index (χ0n) is 15.1. The number of rotatable bonds is 4. The van der Waals surface area contributed by atoms with Gasteiger partial charge in [0.25, 0.3) is 0 Å². The highest BCUT2D eigenvalue weighted by molar-refractivity contribution is 5.83. The molecule has 132 valence electrons. The zero-order chi connectivity index (χ0) is 17.8. The summed E-state index contributed by atoms with van der Waals surface area (Å²) in [5.41, 5.74) is 2.96. The molecule has 0 saturated heterocycles. The lowest BCUT2D eigenvalue weighted by Gasteiger charge is -2.26. The van der Waals surface area contributed by atoms with Crippen LogP contribution in [0, 0.1) is 5.92 Å². The minimum Gasteiger partial charge on any atom is -0.203 e. The summed E-state index contributed by atoms with van der Waals surface area (Å²) in [5, 5.41) is 0. The summed E-state index contributed by atoms with van der Waals surface area (Å²) in [6.07, 6.45) is 5.77. The van der Waals surface area contributed by atoms with Crippen LogP contribution in [0.1, 0.15) is 67.7 Å². The maximum absolute atomic E-state index is 14.5. The highest BCUT2D eigenvalue weighted by Crippen LogP contribution is 2.36. The molecule has 2 heteroatoms. The molecule has 0 amide bonds. The van der Waals surface area contributed by atoms with E-state index < -0.39 is 11.7 Å². The van der Waals surface area contributed by atoms with Gasteiger partial charge in [-0.25, -0.2) is 8.78 Å². The average molecular weight is 340 g/mol. The summed E-state index contributed by atoms with van der Waals surface area (Å²) in [7, 11) is 0. The molecule has 0 aromatic heterocycles. The number of hydrogen-bond acceptors (Lipinski definition) is 0. The summed E-state index contributed by atoms with van der Waals surface area (Å²) in [6.45, 7) is 4.34. The summed E-state index contributed by atoms with van der Waals surface area (Å²) in [5.74, 6) is -0.206. The van der Waals surface area contributed by atoms with Crippen LogP contribution in [-0.2, 0) is 6.42 Å². The first-order valence-corrected chi connectivity index (χ1v) is 9.33. The Morgan fingerprint density at radius 3 is 1.76 bits per heavy atom. The van der Waals surface area contributed by atoms with Gasteiger partial charge in [0.15, 0.2) is 11.7 Å². The molecule has 2 aromatic rings. The Bertz CT molecular complexity index is 718. The molecular formula is C23H26F2. The third-order valence-corrected chi connectivity index (χ3v) is 5.46. The standard InChI is InChI=1S/C23H26F2/c1-3-17-6-10-20(11-7-17)22(24)23(25)21-14-12-19(13-15-21)18-8-4-16(2)5-9-18/h6-7,10-16,18H,3-5,8-9H2,1-2H3/b23-22+. The van der Waals surface area contributed by atoms with E-state index in [-0.39, 0.29) is 0 Å². The normalized spacial score (nSPS) is 21.8. The molecule has 2 aromatic carbocycles. The minimum absolute atomic E-state index is 0.292. The van der Waals surface area contributed by atoms with Crippen LogP contribution in [0.4, 0.5) is 8.78 Å². The molecule has 3 rings (SSSR count). The first-order chi connectivity index (χ1) is 12.1. The number of hydrogen-bond donors (Lipinski definition) is 0. The van der Waals surface area contributed by atoms with Gasteiger partial charge in [-0.15, -0.1) is 0 Å². The van der Waals surface area contributed by atoms with Gasteiger partial charge < -0.3 is 0 Å². The lowest BCUT2D eigenvalue weighted by Crippen LogP contribution is -2.10. The molecule has 1 aliphatic carbocycles. The van der Waals surface area contributed by atoms with E-state index in [1.54, 1.807) is 24.3 Å². The molecule has 0 nitrogen and oxygen atoms in total. The second kappa shape index (κ2) is 7.95. The monoisotopic (exact) mass is 340 g/mol. The van der Waals surface area contributed by atoms with E-state index in [1.165, 1.54) is 31.2 Å². The predicted octanol–water partition coefficient (Wildman–Crippen LogP) is 7.31. The van der Waals surface area contributed by atoms with Crippen molar-refractivity contribution in [2.24, 2.45) is 5.92 Å². The van der Waals surface area contributed by atoms with Crippen LogP contribution in [0.25, 0.3) is 11.7 Å². The van der Waals surface area contributed by atoms with Gasteiger partial charge in [0.1, 0.15) is 0 Å². The molecule has 0 radical (unpaired) electrons. The van der Waals surface area contributed by atoms with E-state index in [9.17, 15) is 8.78 Å². The van der Waals surface area contributed by atoms with Gasteiger partial charge in [0.2, 0.25) is 0 Å². The van der Waals surface area contributed by atoms with Gasteiger partial charge in [-0.1, -0.05) is 75.2 Å². The van der Waals surface area contributed by atoms with Crippen molar-refractivity contribution in [3.05, 3.63) is 70.8 Å². The van der Waals surface area contributed by atoms with Crippen molar-refractivity contribution >= 4 is 11.7 Å². The third kappa shape index (κ3) is 4.18. The van der Waals surface area contributed by atoms with Gasteiger partial charge >= 0.3 is 0 Å². The number of benzene rings is 2. The maximum atomic E-state index is 14.5. The molecular weight excluding hydrogens is 314 g/mol. The predicted molar refractivity (Wildman–Crippen MR) is 102 cm³/mol. The summed E-state index contributed by atoms with van der Waals surface area (Å²) in [6, 6.07) is 14.3. The lowest BCUT2D eigenvalue weighted by atomic mass is 9.79. The van der Waals surface area contributed by atoms with Crippen LogP contribution in [0.2, 0.25) is 0 Å². The number of halogens is 2. The van der Waals surface area contributed by atoms with Gasteiger partial charge in [-0.2, -0.15) is 0 Å². The molecule has 0 bridgehead atoms. The molecule has 1 aliphatic rings. The van der Waals surface area contributed by atoms with Crippen molar-refractivity contribution < 1.29 is 8.78 Å². The van der Waals surface area contributed by atoms with Crippen molar-refractivity contribution in [1.29, 1.82) is 0 Å². The molecule has 0 atom stereocenters. The fourth-order valence-corrected chi connectivity index (χ4v) is 3.64. The largest absolute Gasteiger partial charge is 0.203 e. The quantitative estimate of drug-likeness (QED) is 0.512. The van der Waals surface area contributed by atoms with Crippen LogP contribution in [-0.4, -0.2) is 0 Å². The first-order valence-electron chi connectivity index (χ1n) is 9.33. The van der Waals surface area contributed by atoms with Gasteiger partial charge in [-0.3, -0.25) is 0 Å². The Kier molecular flexibility index (Phi) is 5.67. The Balaban J connectivity index is 1.78. The first kappa shape index (κ1) is 17.8. The highest BCUT2D eigenvalue weighted by atomic mass is 19.2. The van der Waals surface area contributed by atoms with E-state index in [1.807, 2.05) is 31.2 Å². The fourth-order valence-electron chi connectivity index (χ4n) is 3.64. The SMILES string of the molecule is CCc1ccc(/C(F)=C(\F)c2ccc(C3CCC(C)CC3)cc2)cc1. The Hall–Kier alpha value is -1.96. The van der Waals surface area contributed by atoms with Crippen LogP contribution in [0.15, 0.2) is 48.5 Å². The summed E-state index contributed by atoms with van der Waals surface area (Å²) >= 11 is 0. The van der Waals surface area contributed by atoms with Crippen molar-refractivity contribution in [3.8, 4) is 0 Å². The summed E-state index contributed by atoms with van der Waals surface area (Å²) < 4.78 is 29.0. The van der Waals surface area contributed by atoms with Crippen LogP contribution in [0.5, 0.6) is 0 Å². The second-order valence-electron chi connectivity index (χ2n) is 7.26. The van der Waals surface area contributed by atoms with Crippen molar-refractivity contribution in [1.82, 2.24) is 0 Å². The van der Waals surface area contributed by atoms with E-state index in [2.05, 4.69) is 6.92 Å². The maximum Gasteiger partial charge on any atom is 0.166 e. The average Bonchev–Trinajstić information content (AvgIpc) is 2.67. The second-order valence-corrected chi connectivity index (χ2v) is 7.26. The van der Waals surface area contributed by atoms with Crippen LogP contribution in [0.3, 0.4) is 0 Å². The van der Waals surface area contributed by atoms with Gasteiger partial charge in [0.05, 0.1) is 0 Å². The molecule has 0 unspecified atom stereocenters. The van der Waals surface area contributed by atoms with Crippen molar-refractivity contribution in [2.45, 2.75) is 51.9 Å². The van der Waals surface area contributed by atoms with E-state index in [0.717, 1.165) is 17.9 Å². The highest BCUT2D eigenvalue weighted by Gasteiger charge is 2.20. The summed E-state index contributed by atoms with van der Waals surface area (Å²) in [4.78, 5) is 0. The molecule has 0 N–H and O–H groups in total. The molecule has 1 saturated carbocycles. The van der Waals surface area contributed by atoms with Gasteiger partial charge in [0, 0.05) is 11.1 Å². The van der Waals surface area contributed by atoms with E-state index in [4.69, 9.17) is 0 Å². The molecule has 1 fully saturated rings. The van der Waals surface area contributed by atoms with Crippen LogP contribution < -0.4 is 0 Å². The van der Waals surface area contributed by atoms with Crippen molar-refractivity contribution in [3.63, 3.8) is 0 Å². The molecule has 0 aliphatic heterocycles. The Morgan fingerprint density at radius 1 is 0.800 bits per heavy atom. The molecule has 0 spiro atoms. The van der Waals surface area contributed by atoms with E-state index >= 15 is 0 Å².